The number of hydrogen-bond acceptors (Lipinski definition) is 5. The van der Waals surface area contributed by atoms with Crippen LogP contribution in [-0.2, 0) is 20.9 Å². The van der Waals surface area contributed by atoms with Gasteiger partial charge in [-0.2, -0.15) is 8.42 Å². The van der Waals surface area contributed by atoms with E-state index in [1.54, 1.807) is 11.3 Å². The van der Waals surface area contributed by atoms with Gasteiger partial charge in [-0.1, -0.05) is 0 Å². The molecular formula is C9H12N2O3S2. The van der Waals surface area contributed by atoms with Crippen LogP contribution < -0.4 is 0 Å². The molecule has 2 rings (SSSR count). The maximum Gasteiger partial charge on any atom is 0.264 e. The van der Waals surface area contributed by atoms with E-state index in [0.29, 0.717) is 0 Å². The summed E-state index contributed by atoms with van der Waals surface area (Å²) in [7, 11) is -3.42. The summed E-state index contributed by atoms with van der Waals surface area (Å²) in [6.45, 7) is 3.86. The fraction of sp³-hybridized carbons (Fsp3) is 0.444. The van der Waals surface area contributed by atoms with Crippen molar-refractivity contribution in [1.82, 2.24) is 9.38 Å². The zero-order chi connectivity index (χ0) is 11.9. The van der Waals surface area contributed by atoms with E-state index in [-0.39, 0.29) is 6.61 Å². The van der Waals surface area contributed by atoms with E-state index >= 15 is 0 Å². The zero-order valence-corrected chi connectivity index (χ0v) is 10.9. The molecule has 0 bridgehead atoms. The number of aromatic nitrogens is 2. The topological polar surface area (TPSA) is 60.7 Å². The summed E-state index contributed by atoms with van der Waals surface area (Å²) in [5.41, 5.74) is 1.58. The van der Waals surface area contributed by atoms with Gasteiger partial charge in [-0.25, -0.2) is 4.98 Å². The van der Waals surface area contributed by atoms with Gasteiger partial charge in [0.05, 0.1) is 17.6 Å². The van der Waals surface area contributed by atoms with Crippen molar-refractivity contribution < 1.29 is 12.6 Å². The number of rotatable bonds is 3. The van der Waals surface area contributed by atoms with Gasteiger partial charge in [0, 0.05) is 11.1 Å². The van der Waals surface area contributed by atoms with Crippen LogP contribution in [0, 0.1) is 13.8 Å². The molecule has 7 heteroatoms. The van der Waals surface area contributed by atoms with E-state index in [2.05, 4.69) is 4.98 Å². The molecule has 2 aromatic heterocycles. The van der Waals surface area contributed by atoms with Crippen molar-refractivity contribution in [2.45, 2.75) is 20.5 Å². The third-order valence-electron chi connectivity index (χ3n) is 2.15. The van der Waals surface area contributed by atoms with Crippen LogP contribution in [0.2, 0.25) is 0 Å². The van der Waals surface area contributed by atoms with Crippen molar-refractivity contribution in [3.05, 3.63) is 22.5 Å². The molecule has 0 saturated carbocycles. The van der Waals surface area contributed by atoms with Crippen molar-refractivity contribution in [3.63, 3.8) is 0 Å². The molecule has 0 aliphatic rings. The van der Waals surface area contributed by atoms with Crippen LogP contribution >= 0.6 is 11.3 Å². The fourth-order valence-corrected chi connectivity index (χ4v) is 2.66. The highest BCUT2D eigenvalue weighted by Gasteiger charge is 2.13. The number of thiazole rings is 1. The van der Waals surface area contributed by atoms with E-state index in [1.807, 2.05) is 24.4 Å². The summed E-state index contributed by atoms with van der Waals surface area (Å²) >= 11 is 1.57. The molecule has 0 aliphatic heterocycles. The normalized spacial score (nSPS) is 12.4. The minimum atomic E-state index is -3.42. The number of hydrogen-bond donors (Lipinski definition) is 0. The Kier molecular flexibility index (Phi) is 2.77. The quantitative estimate of drug-likeness (QED) is 0.784. The van der Waals surface area contributed by atoms with Crippen LogP contribution in [0.3, 0.4) is 0 Å². The molecule has 2 aromatic rings. The lowest BCUT2D eigenvalue weighted by atomic mass is 10.4. The molecule has 0 aliphatic carbocycles. The Hall–Kier alpha value is -0.920. The lowest BCUT2D eigenvalue weighted by Gasteiger charge is -2.01. The van der Waals surface area contributed by atoms with Gasteiger partial charge in [0.1, 0.15) is 6.61 Å². The van der Waals surface area contributed by atoms with E-state index in [4.69, 9.17) is 4.18 Å². The van der Waals surface area contributed by atoms with Crippen LogP contribution in [0.5, 0.6) is 0 Å². The summed E-state index contributed by atoms with van der Waals surface area (Å²) in [5.74, 6) is 0. The van der Waals surface area contributed by atoms with Crippen LogP contribution in [0.4, 0.5) is 0 Å². The molecule has 0 saturated heterocycles. The highest BCUT2D eigenvalue weighted by Crippen LogP contribution is 2.21. The lowest BCUT2D eigenvalue weighted by Crippen LogP contribution is -2.05. The molecule has 0 atom stereocenters. The summed E-state index contributed by atoms with van der Waals surface area (Å²) in [5, 5.41) is 0. The van der Waals surface area contributed by atoms with Gasteiger partial charge in [-0.05, 0) is 13.8 Å². The van der Waals surface area contributed by atoms with Gasteiger partial charge in [-0.3, -0.25) is 8.58 Å². The van der Waals surface area contributed by atoms with E-state index < -0.39 is 10.1 Å². The Morgan fingerprint density at radius 1 is 1.50 bits per heavy atom. The predicted octanol–water partition coefficient (Wildman–Crippen LogP) is 1.49. The molecule has 0 fully saturated rings. The Balaban J connectivity index is 2.38. The molecule has 2 heterocycles. The first-order chi connectivity index (χ1) is 7.37. The highest BCUT2D eigenvalue weighted by atomic mass is 32.2. The summed E-state index contributed by atoms with van der Waals surface area (Å²) in [6, 6.07) is 0. The molecule has 5 nitrogen and oxygen atoms in total. The molecule has 16 heavy (non-hydrogen) atoms. The van der Waals surface area contributed by atoms with E-state index in [9.17, 15) is 8.42 Å². The predicted molar refractivity (Wildman–Crippen MR) is 62.2 cm³/mol. The number of nitrogens with zero attached hydrogens (tertiary/aromatic N) is 2. The van der Waals surface area contributed by atoms with Gasteiger partial charge < -0.3 is 0 Å². The maximum atomic E-state index is 10.9. The molecule has 0 amide bonds. The summed E-state index contributed by atoms with van der Waals surface area (Å²) in [6.07, 6.45) is 2.97. The molecule has 0 radical (unpaired) electrons. The molecule has 0 aromatic carbocycles. The van der Waals surface area contributed by atoms with Crippen molar-refractivity contribution in [2.24, 2.45) is 0 Å². The minimum Gasteiger partial charge on any atom is -0.292 e. The first-order valence-corrected chi connectivity index (χ1v) is 7.28. The third kappa shape index (κ3) is 2.26. The smallest absolute Gasteiger partial charge is 0.264 e. The second kappa shape index (κ2) is 3.83. The maximum absolute atomic E-state index is 10.9. The van der Waals surface area contributed by atoms with Gasteiger partial charge in [-0.15, -0.1) is 11.3 Å². The average Bonchev–Trinajstić information content (AvgIpc) is 2.56. The Morgan fingerprint density at radius 2 is 2.19 bits per heavy atom. The van der Waals surface area contributed by atoms with E-state index in [1.165, 1.54) is 0 Å². The van der Waals surface area contributed by atoms with Gasteiger partial charge in [0.15, 0.2) is 4.96 Å². The molecular weight excluding hydrogens is 248 g/mol. The Morgan fingerprint density at radius 3 is 2.81 bits per heavy atom. The van der Waals surface area contributed by atoms with Crippen LogP contribution in [-0.4, -0.2) is 24.1 Å². The van der Waals surface area contributed by atoms with Crippen molar-refractivity contribution in [2.75, 3.05) is 6.26 Å². The first-order valence-electron chi connectivity index (χ1n) is 4.65. The van der Waals surface area contributed by atoms with Gasteiger partial charge >= 0.3 is 0 Å². The largest absolute Gasteiger partial charge is 0.292 e. The molecule has 0 N–H and O–H groups in total. The second-order valence-electron chi connectivity index (χ2n) is 3.60. The number of fused-ring (bicyclic) bond motifs is 1. The fourth-order valence-electron chi connectivity index (χ4n) is 1.45. The SMILES string of the molecule is Cc1cn2c(COS(C)(=O)=O)c(C)nc2s1. The zero-order valence-electron chi connectivity index (χ0n) is 9.22. The van der Waals surface area contributed by atoms with E-state index in [0.717, 1.165) is 27.5 Å². The van der Waals surface area contributed by atoms with Crippen LogP contribution in [0.15, 0.2) is 6.20 Å². The Labute approximate surface area is 97.8 Å². The molecule has 0 spiro atoms. The number of imidazole rings is 1. The van der Waals surface area contributed by atoms with Gasteiger partial charge in [0.25, 0.3) is 10.1 Å². The third-order valence-corrected chi connectivity index (χ3v) is 3.59. The summed E-state index contributed by atoms with van der Waals surface area (Å²) < 4.78 is 28.5. The monoisotopic (exact) mass is 260 g/mol. The lowest BCUT2D eigenvalue weighted by molar-refractivity contribution is 0.305. The number of aryl methyl sites for hydroxylation is 2. The highest BCUT2D eigenvalue weighted by molar-refractivity contribution is 7.85. The van der Waals surface area contributed by atoms with Crippen molar-refractivity contribution in [3.8, 4) is 0 Å². The minimum absolute atomic E-state index is 0.0298. The van der Waals surface area contributed by atoms with Crippen molar-refractivity contribution >= 4 is 26.4 Å². The molecule has 0 unspecified atom stereocenters. The molecule has 88 valence electrons. The Bertz CT molecular complexity index is 625. The average molecular weight is 260 g/mol. The standard InChI is InChI=1S/C9H12N2O3S2/c1-6-4-11-8(5-14-16(3,12)13)7(2)10-9(11)15-6/h4H,5H2,1-3H3. The van der Waals surface area contributed by atoms with Crippen LogP contribution in [0.25, 0.3) is 4.96 Å². The van der Waals surface area contributed by atoms with Crippen molar-refractivity contribution in [1.29, 1.82) is 0 Å². The first kappa shape index (κ1) is 11.6. The second-order valence-corrected chi connectivity index (χ2v) is 6.46. The summed E-state index contributed by atoms with van der Waals surface area (Å²) in [4.78, 5) is 6.33. The van der Waals surface area contributed by atoms with Gasteiger partial charge in [0.2, 0.25) is 0 Å². The van der Waals surface area contributed by atoms with Crippen LogP contribution in [0.1, 0.15) is 16.3 Å².